The van der Waals surface area contributed by atoms with Gasteiger partial charge in [0.25, 0.3) is 5.91 Å². The first-order valence-corrected chi connectivity index (χ1v) is 9.13. The van der Waals surface area contributed by atoms with Crippen molar-refractivity contribution >= 4 is 27.1 Å². The monoisotopic (exact) mass is 301 g/mol. The van der Waals surface area contributed by atoms with Crippen molar-refractivity contribution in [2.45, 2.75) is 26.7 Å². The van der Waals surface area contributed by atoms with Gasteiger partial charge in [-0.1, -0.05) is 13.3 Å². The molecule has 1 aromatic heterocycles. The Morgan fingerprint density at radius 2 is 2.16 bits per heavy atom. The van der Waals surface area contributed by atoms with Crippen molar-refractivity contribution in [1.29, 1.82) is 0 Å². The third-order valence-electron chi connectivity index (χ3n) is 3.29. The average molecular weight is 301 g/mol. The van der Waals surface area contributed by atoms with Crippen LogP contribution in [0.15, 0.2) is 6.07 Å². The van der Waals surface area contributed by atoms with Crippen molar-refractivity contribution in [1.82, 2.24) is 5.32 Å². The SMILES string of the molecule is CCCc1cc(C(=O)NCC2CS(=O)(=O)C2)sc1C. The van der Waals surface area contributed by atoms with Crippen LogP contribution in [-0.4, -0.2) is 32.4 Å². The van der Waals surface area contributed by atoms with Gasteiger partial charge in [-0.15, -0.1) is 11.3 Å². The smallest absolute Gasteiger partial charge is 0.261 e. The summed E-state index contributed by atoms with van der Waals surface area (Å²) in [7, 11) is -2.80. The number of nitrogens with one attached hydrogen (secondary N) is 1. The number of thiophene rings is 1. The highest BCUT2D eigenvalue weighted by Gasteiger charge is 2.33. The molecule has 1 saturated heterocycles. The average Bonchev–Trinajstić information content (AvgIpc) is 2.66. The molecule has 1 aliphatic rings. The molecule has 106 valence electrons. The standard InChI is InChI=1S/C13H19NO3S2/c1-3-4-11-5-12(18-9(11)2)13(15)14-6-10-7-19(16,17)8-10/h5,10H,3-4,6-8H2,1-2H3,(H,14,15). The van der Waals surface area contributed by atoms with Gasteiger partial charge in [0.2, 0.25) is 0 Å². The first-order chi connectivity index (χ1) is 8.91. The molecule has 0 bridgehead atoms. The first kappa shape index (κ1) is 14.5. The minimum Gasteiger partial charge on any atom is -0.351 e. The number of amides is 1. The van der Waals surface area contributed by atoms with Crippen molar-refractivity contribution in [3.63, 3.8) is 0 Å². The summed E-state index contributed by atoms with van der Waals surface area (Å²) in [6.07, 6.45) is 2.06. The van der Waals surface area contributed by atoms with Gasteiger partial charge in [0, 0.05) is 17.3 Å². The van der Waals surface area contributed by atoms with Crippen LogP contribution >= 0.6 is 11.3 Å². The van der Waals surface area contributed by atoms with Crippen molar-refractivity contribution < 1.29 is 13.2 Å². The summed E-state index contributed by atoms with van der Waals surface area (Å²) >= 11 is 1.51. The highest BCUT2D eigenvalue weighted by molar-refractivity contribution is 7.92. The zero-order valence-corrected chi connectivity index (χ0v) is 12.9. The summed E-state index contributed by atoms with van der Waals surface area (Å²) < 4.78 is 22.0. The lowest BCUT2D eigenvalue weighted by Gasteiger charge is -2.25. The van der Waals surface area contributed by atoms with Gasteiger partial charge in [-0.2, -0.15) is 0 Å². The molecule has 1 N–H and O–H groups in total. The molecule has 19 heavy (non-hydrogen) atoms. The van der Waals surface area contributed by atoms with Gasteiger partial charge in [0.05, 0.1) is 16.4 Å². The number of hydrogen-bond donors (Lipinski definition) is 1. The van der Waals surface area contributed by atoms with Gasteiger partial charge in [-0.3, -0.25) is 4.79 Å². The molecular weight excluding hydrogens is 282 g/mol. The molecule has 0 unspecified atom stereocenters. The molecule has 0 spiro atoms. The number of rotatable bonds is 5. The summed E-state index contributed by atoms with van der Waals surface area (Å²) in [5, 5.41) is 2.83. The van der Waals surface area contributed by atoms with Crippen LogP contribution in [0, 0.1) is 12.8 Å². The van der Waals surface area contributed by atoms with Crippen LogP contribution in [0.4, 0.5) is 0 Å². The molecule has 1 amide bonds. The maximum Gasteiger partial charge on any atom is 0.261 e. The van der Waals surface area contributed by atoms with Crippen LogP contribution in [0.1, 0.15) is 33.5 Å². The van der Waals surface area contributed by atoms with Crippen molar-refractivity contribution in [3.05, 3.63) is 21.4 Å². The quantitative estimate of drug-likeness (QED) is 0.901. The van der Waals surface area contributed by atoms with E-state index in [1.807, 2.05) is 13.0 Å². The van der Waals surface area contributed by atoms with Crippen LogP contribution < -0.4 is 5.32 Å². The summed E-state index contributed by atoms with van der Waals surface area (Å²) in [5.41, 5.74) is 1.24. The lowest BCUT2D eigenvalue weighted by molar-refractivity contribution is 0.0952. The number of sulfone groups is 1. The summed E-state index contributed by atoms with van der Waals surface area (Å²) in [4.78, 5) is 13.9. The van der Waals surface area contributed by atoms with Gasteiger partial charge >= 0.3 is 0 Å². The molecule has 0 aliphatic carbocycles. The molecule has 2 heterocycles. The van der Waals surface area contributed by atoms with Crippen molar-refractivity contribution in [3.8, 4) is 0 Å². The normalized spacial score (nSPS) is 18.0. The second-order valence-corrected chi connectivity index (χ2v) is 8.51. The van der Waals surface area contributed by atoms with E-state index in [2.05, 4.69) is 12.2 Å². The third kappa shape index (κ3) is 3.57. The predicted molar refractivity (Wildman–Crippen MR) is 77.5 cm³/mol. The van der Waals surface area contributed by atoms with E-state index < -0.39 is 9.84 Å². The molecule has 0 atom stereocenters. The van der Waals surface area contributed by atoms with Crippen LogP contribution in [0.5, 0.6) is 0 Å². The van der Waals surface area contributed by atoms with Crippen LogP contribution in [0.3, 0.4) is 0 Å². The minimum absolute atomic E-state index is 0.0836. The van der Waals surface area contributed by atoms with Gasteiger partial charge in [-0.05, 0) is 25.0 Å². The van der Waals surface area contributed by atoms with Crippen LogP contribution in [0.2, 0.25) is 0 Å². The summed E-state index contributed by atoms with van der Waals surface area (Å²) in [6.45, 7) is 4.61. The summed E-state index contributed by atoms with van der Waals surface area (Å²) in [5.74, 6) is 0.417. The van der Waals surface area contributed by atoms with Gasteiger partial charge in [0.1, 0.15) is 0 Å². The Labute approximate surface area is 118 Å². The number of carbonyl (C=O) groups excluding carboxylic acids is 1. The summed E-state index contributed by atoms with van der Waals surface area (Å²) in [6, 6.07) is 1.95. The maximum absolute atomic E-state index is 12.0. The topological polar surface area (TPSA) is 63.2 Å². The lowest BCUT2D eigenvalue weighted by Crippen LogP contribution is -2.43. The van der Waals surface area contributed by atoms with E-state index in [1.165, 1.54) is 21.8 Å². The van der Waals surface area contributed by atoms with Crippen LogP contribution in [0.25, 0.3) is 0 Å². The molecular formula is C13H19NO3S2. The van der Waals surface area contributed by atoms with E-state index in [1.54, 1.807) is 0 Å². The van der Waals surface area contributed by atoms with E-state index in [0.29, 0.717) is 6.54 Å². The lowest BCUT2D eigenvalue weighted by atomic mass is 10.1. The first-order valence-electron chi connectivity index (χ1n) is 6.49. The third-order valence-corrected chi connectivity index (χ3v) is 6.34. The maximum atomic E-state index is 12.0. The highest BCUT2D eigenvalue weighted by atomic mass is 32.2. The second-order valence-electron chi connectivity index (χ2n) is 5.10. The van der Waals surface area contributed by atoms with Gasteiger partial charge < -0.3 is 5.32 Å². The fraction of sp³-hybridized carbons (Fsp3) is 0.615. The highest BCUT2D eigenvalue weighted by Crippen LogP contribution is 2.23. The van der Waals surface area contributed by atoms with E-state index in [9.17, 15) is 13.2 Å². The number of carbonyl (C=O) groups is 1. The number of hydrogen-bond acceptors (Lipinski definition) is 4. The molecule has 6 heteroatoms. The van der Waals surface area contributed by atoms with E-state index >= 15 is 0 Å². The second kappa shape index (κ2) is 5.63. The Balaban J connectivity index is 1.88. The zero-order valence-electron chi connectivity index (χ0n) is 11.2. The number of aryl methyl sites for hydroxylation is 2. The van der Waals surface area contributed by atoms with E-state index in [4.69, 9.17) is 0 Å². The molecule has 0 radical (unpaired) electrons. The van der Waals surface area contributed by atoms with Crippen molar-refractivity contribution in [2.24, 2.45) is 5.92 Å². The zero-order chi connectivity index (χ0) is 14.0. The molecule has 0 saturated carbocycles. The molecule has 0 aromatic carbocycles. The van der Waals surface area contributed by atoms with E-state index in [0.717, 1.165) is 17.7 Å². The molecule has 4 nitrogen and oxygen atoms in total. The largest absolute Gasteiger partial charge is 0.351 e. The van der Waals surface area contributed by atoms with E-state index in [-0.39, 0.29) is 23.3 Å². The minimum atomic E-state index is -2.80. The van der Waals surface area contributed by atoms with Gasteiger partial charge in [-0.25, -0.2) is 8.42 Å². The fourth-order valence-corrected chi connectivity index (χ4v) is 4.82. The molecule has 2 rings (SSSR count). The Kier molecular flexibility index (Phi) is 4.30. The molecule has 1 aromatic rings. The van der Waals surface area contributed by atoms with Crippen molar-refractivity contribution in [2.75, 3.05) is 18.1 Å². The fourth-order valence-electron chi connectivity index (χ4n) is 2.26. The predicted octanol–water partition coefficient (Wildman–Crippen LogP) is 1.78. The van der Waals surface area contributed by atoms with Gasteiger partial charge in [0.15, 0.2) is 9.84 Å². The molecule has 1 aliphatic heterocycles. The Hall–Kier alpha value is -0.880. The Morgan fingerprint density at radius 1 is 1.47 bits per heavy atom. The van der Waals surface area contributed by atoms with Crippen LogP contribution in [-0.2, 0) is 16.3 Å². The Morgan fingerprint density at radius 3 is 2.74 bits per heavy atom. The Bertz CT molecular complexity index is 563. The molecule has 1 fully saturated rings.